The van der Waals surface area contributed by atoms with Crippen molar-refractivity contribution in [1.29, 1.82) is 0 Å². The maximum Gasteiger partial charge on any atom is 0.227 e. The molecule has 108 valence electrons. The van der Waals surface area contributed by atoms with Crippen molar-refractivity contribution in [3.8, 4) is 0 Å². The molecule has 2 aromatic rings. The molecule has 1 heterocycles. The van der Waals surface area contributed by atoms with E-state index in [4.69, 9.17) is 11.6 Å². The van der Waals surface area contributed by atoms with Crippen molar-refractivity contribution in [1.82, 2.24) is 4.98 Å². The lowest BCUT2D eigenvalue weighted by molar-refractivity contribution is -0.117. The van der Waals surface area contributed by atoms with Crippen molar-refractivity contribution in [2.45, 2.75) is 19.8 Å². The topological polar surface area (TPSA) is 54.0 Å². The van der Waals surface area contributed by atoms with Crippen LogP contribution in [0, 0.1) is 12.8 Å². The SMILES string of the molecule is Cc1ccc(Nc2ccc(NC(=O)C3CC3)cn2)cc1Cl. The van der Waals surface area contributed by atoms with Gasteiger partial charge in [-0.15, -0.1) is 0 Å². The molecule has 1 aliphatic rings. The highest BCUT2D eigenvalue weighted by molar-refractivity contribution is 6.31. The van der Waals surface area contributed by atoms with Crippen LogP contribution in [0.15, 0.2) is 36.5 Å². The highest BCUT2D eigenvalue weighted by Crippen LogP contribution is 2.30. The molecule has 0 unspecified atom stereocenters. The molecule has 3 rings (SSSR count). The number of rotatable bonds is 4. The van der Waals surface area contributed by atoms with Crippen LogP contribution >= 0.6 is 11.6 Å². The summed E-state index contributed by atoms with van der Waals surface area (Å²) >= 11 is 6.09. The van der Waals surface area contributed by atoms with Gasteiger partial charge in [0.25, 0.3) is 0 Å². The Labute approximate surface area is 128 Å². The number of aromatic nitrogens is 1. The average molecular weight is 302 g/mol. The van der Waals surface area contributed by atoms with Gasteiger partial charge < -0.3 is 10.6 Å². The zero-order chi connectivity index (χ0) is 14.8. The smallest absolute Gasteiger partial charge is 0.227 e. The summed E-state index contributed by atoms with van der Waals surface area (Å²) in [4.78, 5) is 15.9. The number of nitrogens with zero attached hydrogens (tertiary/aromatic N) is 1. The first-order chi connectivity index (χ1) is 10.1. The molecule has 0 aliphatic heterocycles. The van der Waals surface area contributed by atoms with E-state index < -0.39 is 0 Å². The second kappa shape index (κ2) is 5.74. The first-order valence-corrected chi connectivity index (χ1v) is 7.30. The third-order valence-electron chi connectivity index (χ3n) is 3.42. The fourth-order valence-electron chi connectivity index (χ4n) is 1.95. The van der Waals surface area contributed by atoms with E-state index >= 15 is 0 Å². The predicted octanol–water partition coefficient (Wildman–Crippen LogP) is 4.14. The van der Waals surface area contributed by atoms with Gasteiger partial charge in [0, 0.05) is 16.6 Å². The number of aryl methyl sites for hydroxylation is 1. The molecule has 0 bridgehead atoms. The summed E-state index contributed by atoms with van der Waals surface area (Å²) in [5, 5.41) is 6.76. The fraction of sp³-hybridized carbons (Fsp3) is 0.250. The number of carbonyl (C=O) groups excluding carboxylic acids is 1. The Morgan fingerprint density at radius 3 is 2.62 bits per heavy atom. The third-order valence-corrected chi connectivity index (χ3v) is 3.83. The molecule has 0 radical (unpaired) electrons. The first-order valence-electron chi connectivity index (χ1n) is 6.92. The van der Waals surface area contributed by atoms with Gasteiger partial charge in [-0.1, -0.05) is 17.7 Å². The largest absolute Gasteiger partial charge is 0.340 e. The van der Waals surface area contributed by atoms with Crippen molar-refractivity contribution in [2.24, 2.45) is 5.92 Å². The van der Waals surface area contributed by atoms with Crippen LogP contribution < -0.4 is 10.6 Å². The van der Waals surface area contributed by atoms with Gasteiger partial charge in [0.2, 0.25) is 5.91 Å². The minimum absolute atomic E-state index is 0.0859. The zero-order valence-corrected chi connectivity index (χ0v) is 12.4. The molecule has 2 N–H and O–H groups in total. The summed E-state index contributed by atoms with van der Waals surface area (Å²) in [6.07, 6.45) is 3.64. The summed E-state index contributed by atoms with van der Waals surface area (Å²) in [6.45, 7) is 1.96. The Morgan fingerprint density at radius 1 is 1.24 bits per heavy atom. The summed E-state index contributed by atoms with van der Waals surface area (Å²) in [6, 6.07) is 9.43. The standard InChI is InChI=1S/C16H16ClN3O/c1-10-2-5-12(8-14(10)17)19-15-7-6-13(9-18-15)20-16(21)11-3-4-11/h2,5-9,11H,3-4H2,1H3,(H,18,19)(H,20,21). The second-order valence-corrected chi connectivity index (χ2v) is 5.69. The van der Waals surface area contributed by atoms with E-state index in [0.29, 0.717) is 10.8 Å². The van der Waals surface area contributed by atoms with Gasteiger partial charge in [0.1, 0.15) is 5.82 Å². The molecule has 4 nitrogen and oxygen atoms in total. The monoisotopic (exact) mass is 301 g/mol. The van der Waals surface area contributed by atoms with Gasteiger partial charge in [0.15, 0.2) is 0 Å². The Morgan fingerprint density at radius 2 is 2.00 bits per heavy atom. The number of nitrogens with one attached hydrogen (secondary N) is 2. The van der Waals surface area contributed by atoms with Crippen LogP contribution in [0.1, 0.15) is 18.4 Å². The van der Waals surface area contributed by atoms with Crippen LogP contribution in [-0.4, -0.2) is 10.9 Å². The molecule has 21 heavy (non-hydrogen) atoms. The number of halogens is 1. The number of pyridine rings is 1. The number of benzene rings is 1. The van der Waals surface area contributed by atoms with Gasteiger partial charge in [0.05, 0.1) is 11.9 Å². The third kappa shape index (κ3) is 3.52. The van der Waals surface area contributed by atoms with Gasteiger partial charge in [-0.25, -0.2) is 4.98 Å². The van der Waals surface area contributed by atoms with Crippen LogP contribution in [0.3, 0.4) is 0 Å². The van der Waals surface area contributed by atoms with E-state index in [0.717, 1.165) is 29.8 Å². The van der Waals surface area contributed by atoms with Gasteiger partial charge in [-0.3, -0.25) is 4.79 Å². The highest BCUT2D eigenvalue weighted by Gasteiger charge is 2.29. The molecule has 1 fully saturated rings. The average Bonchev–Trinajstić information content (AvgIpc) is 3.30. The minimum atomic E-state index is 0.0859. The van der Waals surface area contributed by atoms with Crippen LogP contribution in [0.5, 0.6) is 0 Å². The van der Waals surface area contributed by atoms with E-state index in [1.807, 2.05) is 37.3 Å². The maximum absolute atomic E-state index is 11.7. The second-order valence-electron chi connectivity index (χ2n) is 5.28. The van der Waals surface area contributed by atoms with Crippen LogP contribution in [0.4, 0.5) is 17.2 Å². The molecule has 1 aromatic carbocycles. The zero-order valence-electron chi connectivity index (χ0n) is 11.7. The predicted molar refractivity (Wildman–Crippen MR) is 85.1 cm³/mol. The highest BCUT2D eigenvalue weighted by atomic mass is 35.5. The Kier molecular flexibility index (Phi) is 3.80. The Bertz CT molecular complexity index is 666. The molecule has 1 saturated carbocycles. The summed E-state index contributed by atoms with van der Waals surface area (Å²) in [5.41, 5.74) is 2.64. The Hall–Kier alpha value is -2.07. The van der Waals surface area contributed by atoms with Crippen LogP contribution in [0.2, 0.25) is 5.02 Å². The van der Waals surface area contributed by atoms with Crippen molar-refractivity contribution in [2.75, 3.05) is 10.6 Å². The number of hydrogen-bond acceptors (Lipinski definition) is 3. The van der Waals surface area contributed by atoms with Crippen molar-refractivity contribution in [3.05, 3.63) is 47.1 Å². The molecule has 1 aromatic heterocycles. The van der Waals surface area contributed by atoms with Crippen molar-refractivity contribution in [3.63, 3.8) is 0 Å². The molecule has 0 spiro atoms. The van der Waals surface area contributed by atoms with Crippen molar-refractivity contribution >= 4 is 34.7 Å². The summed E-state index contributed by atoms with van der Waals surface area (Å²) < 4.78 is 0. The first kappa shape index (κ1) is 13.9. The number of carbonyl (C=O) groups is 1. The quantitative estimate of drug-likeness (QED) is 0.892. The fourth-order valence-corrected chi connectivity index (χ4v) is 2.13. The van der Waals surface area contributed by atoms with E-state index in [1.165, 1.54) is 0 Å². The molecule has 5 heteroatoms. The normalized spacial score (nSPS) is 13.8. The van der Waals surface area contributed by atoms with Crippen LogP contribution in [-0.2, 0) is 4.79 Å². The summed E-state index contributed by atoms with van der Waals surface area (Å²) in [7, 11) is 0. The number of amides is 1. The van der Waals surface area contributed by atoms with Crippen molar-refractivity contribution < 1.29 is 4.79 Å². The number of anilines is 3. The molecular weight excluding hydrogens is 286 g/mol. The Balaban J connectivity index is 1.65. The van der Waals surface area contributed by atoms with Gasteiger partial charge in [-0.2, -0.15) is 0 Å². The van der Waals surface area contributed by atoms with Crippen LogP contribution in [0.25, 0.3) is 0 Å². The lowest BCUT2D eigenvalue weighted by Crippen LogP contribution is -2.13. The van der Waals surface area contributed by atoms with Gasteiger partial charge in [-0.05, 0) is 49.6 Å². The minimum Gasteiger partial charge on any atom is -0.340 e. The van der Waals surface area contributed by atoms with E-state index in [9.17, 15) is 4.79 Å². The molecule has 1 amide bonds. The summed E-state index contributed by atoms with van der Waals surface area (Å²) in [5.74, 6) is 0.986. The maximum atomic E-state index is 11.7. The van der Waals surface area contributed by atoms with E-state index in [1.54, 1.807) is 6.20 Å². The molecule has 1 aliphatic carbocycles. The molecule has 0 atom stereocenters. The van der Waals surface area contributed by atoms with Gasteiger partial charge >= 0.3 is 0 Å². The number of hydrogen-bond donors (Lipinski definition) is 2. The van der Waals surface area contributed by atoms with E-state index in [2.05, 4.69) is 15.6 Å². The molecule has 0 saturated heterocycles. The lowest BCUT2D eigenvalue weighted by atomic mass is 10.2. The van der Waals surface area contributed by atoms with E-state index in [-0.39, 0.29) is 11.8 Å². The molecular formula is C16H16ClN3O. The lowest BCUT2D eigenvalue weighted by Gasteiger charge is -2.08.